The first-order valence-electron chi connectivity index (χ1n) is 9.63. The van der Waals surface area contributed by atoms with E-state index in [1.54, 1.807) is 31.4 Å². The van der Waals surface area contributed by atoms with Gasteiger partial charge in [0.1, 0.15) is 0 Å². The molecule has 1 spiro atoms. The van der Waals surface area contributed by atoms with Crippen LogP contribution in [0.25, 0.3) is 0 Å². The number of hydrogen-bond acceptors (Lipinski definition) is 4. The molecule has 2 fully saturated rings. The molecule has 2 aliphatic rings. The summed E-state index contributed by atoms with van der Waals surface area (Å²) >= 11 is 0. The van der Waals surface area contributed by atoms with Crippen molar-refractivity contribution in [3.05, 3.63) is 29.8 Å². The maximum Gasteiger partial charge on any atom is 0.321 e. The van der Waals surface area contributed by atoms with Crippen molar-refractivity contribution in [2.45, 2.75) is 19.3 Å². The van der Waals surface area contributed by atoms with Crippen molar-refractivity contribution in [2.24, 2.45) is 5.41 Å². The number of likely N-dealkylation sites (tertiary alicyclic amines) is 2. The average Bonchev–Trinajstić information content (AvgIpc) is 3.02. The van der Waals surface area contributed by atoms with Gasteiger partial charge in [-0.1, -0.05) is 0 Å². The SMILES string of the molecule is COCCNC(=O)c1ccc(NC(=O)N2CCCC3(CCN(C)C3)C2)cc1. The predicted molar refractivity (Wildman–Crippen MR) is 105 cm³/mol. The topological polar surface area (TPSA) is 73.9 Å². The number of benzene rings is 1. The molecule has 0 aromatic heterocycles. The van der Waals surface area contributed by atoms with E-state index in [0.29, 0.717) is 24.4 Å². The van der Waals surface area contributed by atoms with Crippen LogP contribution in [-0.2, 0) is 4.74 Å². The largest absolute Gasteiger partial charge is 0.383 e. The van der Waals surface area contributed by atoms with E-state index in [1.807, 2.05) is 4.90 Å². The number of anilines is 1. The highest BCUT2D eigenvalue weighted by Gasteiger charge is 2.41. The third-order valence-corrected chi connectivity index (χ3v) is 5.57. The molecular formula is C20H30N4O3. The van der Waals surface area contributed by atoms with E-state index >= 15 is 0 Å². The summed E-state index contributed by atoms with van der Waals surface area (Å²) in [6.45, 7) is 4.76. The van der Waals surface area contributed by atoms with Crippen molar-refractivity contribution in [3.63, 3.8) is 0 Å². The van der Waals surface area contributed by atoms with Crippen molar-refractivity contribution >= 4 is 17.6 Å². The zero-order valence-corrected chi connectivity index (χ0v) is 16.3. The third kappa shape index (κ3) is 4.99. The van der Waals surface area contributed by atoms with Crippen molar-refractivity contribution in [3.8, 4) is 0 Å². The quantitative estimate of drug-likeness (QED) is 0.774. The van der Waals surface area contributed by atoms with E-state index in [-0.39, 0.29) is 17.4 Å². The molecule has 0 saturated carbocycles. The lowest BCUT2D eigenvalue weighted by Gasteiger charge is -2.40. The second-order valence-corrected chi connectivity index (χ2v) is 7.77. The molecule has 7 heteroatoms. The number of rotatable bonds is 5. The number of carbonyl (C=O) groups is 2. The normalized spacial score (nSPS) is 22.8. The molecule has 148 valence electrons. The maximum atomic E-state index is 12.7. The summed E-state index contributed by atoms with van der Waals surface area (Å²) in [6, 6.07) is 6.93. The van der Waals surface area contributed by atoms with Gasteiger partial charge in [-0.25, -0.2) is 4.79 Å². The number of urea groups is 1. The molecule has 2 heterocycles. The Kier molecular flexibility index (Phi) is 6.34. The van der Waals surface area contributed by atoms with Gasteiger partial charge >= 0.3 is 6.03 Å². The number of hydrogen-bond donors (Lipinski definition) is 2. The molecule has 0 radical (unpaired) electrons. The lowest BCUT2D eigenvalue weighted by atomic mass is 9.79. The fourth-order valence-electron chi connectivity index (χ4n) is 4.15. The van der Waals surface area contributed by atoms with Gasteiger partial charge in [0.05, 0.1) is 6.61 Å². The Morgan fingerprint density at radius 3 is 2.59 bits per heavy atom. The van der Waals surface area contributed by atoms with Crippen LogP contribution in [-0.4, -0.2) is 75.2 Å². The van der Waals surface area contributed by atoms with Crippen LogP contribution in [0.4, 0.5) is 10.5 Å². The van der Waals surface area contributed by atoms with E-state index in [1.165, 1.54) is 12.8 Å². The summed E-state index contributed by atoms with van der Waals surface area (Å²) in [4.78, 5) is 29.0. The molecule has 1 aromatic rings. The van der Waals surface area contributed by atoms with E-state index in [2.05, 4.69) is 22.6 Å². The number of methoxy groups -OCH3 is 1. The molecule has 2 N–H and O–H groups in total. The van der Waals surface area contributed by atoms with Crippen LogP contribution < -0.4 is 10.6 Å². The molecule has 0 aliphatic carbocycles. The minimum Gasteiger partial charge on any atom is -0.383 e. The molecule has 2 saturated heterocycles. The van der Waals surface area contributed by atoms with Crippen molar-refractivity contribution in [1.82, 2.24) is 15.1 Å². The van der Waals surface area contributed by atoms with E-state index in [4.69, 9.17) is 4.74 Å². The van der Waals surface area contributed by atoms with Crippen molar-refractivity contribution in [2.75, 3.05) is 58.8 Å². The monoisotopic (exact) mass is 374 g/mol. The summed E-state index contributed by atoms with van der Waals surface area (Å²) < 4.78 is 4.92. The third-order valence-electron chi connectivity index (χ3n) is 5.57. The number of ether oxygens (including phenoxy) is 1. The molecule has 3 rings (SSSR count). The number of amides is 3. The van der Waals surface area contributed by atoms with Crippen LogP contribution in [0, 0.1) is 5.41 Å². The number of nitrogens with zero attached hydrogens (tertiary/aromatic N) is 2. The summed E-state index contributed by atoms with van der Waals surface area (Å²) in [6.07, 6.45) is 3.43. The Labute approximate surface area is 161 Å². The maximum absolute atomic E-state index is 12.7. The summed E-state index contributed by atoms with van der Waals surface area (Å²) in [7, 11) is 3.75. The van der Waals surface area contributed by atoms with E-state index in [9.17, 15) is 9.59 Å². The summed E-state index contributed by atoms with van der Waals surface area (Å²) in [5.74, 6) is -0.145. The fraction of sp³-hybridized carbons (Fsp3) is 0.600. The highest BCUT2D eigenvalue weighted by atomic mass is 16.5. The molecule has 1 aromatic carbocycles. The van der Waals surface area contributed by atoms with Crippen LogP contribution in [0.2, 0.25) is 0 Å². The first-order chi connectivity index (χ1) is 13.0. The van der Waals surface area contributed by atoms with Gasteiger partial charge in [0.2, 0.25) is 0 Å². The molecule has 27 heavy (non-hydrogen) atoms. The number of carbonyl (C=O) groups excluding carboxylic acids is 2. The Morgan fingerprint density at radius 1 is 1.15 bits per heavy atom. The second-order valence-electron chi connectivity index (χ2n) is 7.77. The van der Waals surface area contributed by atoms with Crippen LogP contribution >= 0.6 is 0 Å². The zero-order chi connectivity index (χ0) is 19.3. The van der Waals surface area contributed by atoms with Gasteiger partial charge in [-0.3, -0.25) is 4.79 Å². The number of piperidine rings is 1. The van der Waals surface area contributed by atoms with Gasteiger partial charge in [-0.15, -0.1) is 0 Å². The predicted octanol–water partition coefficient (Wildman–Crippen LogP) is 2.01. The lowest BCUT2D eigenvalue weighted by molar-refractivity contribution is 0.0937. The summed E-state index contributed by atoms with van der Waals surface area (Å²) in [5.41, 5.74) is 1.53. The molecule has 7 nitrogen and oxygen atoms in total. The Bertz CT molecular complexity index is 660. The molecule has 2 aliphatic heterocycles. The lowest BCUT2D eigenvalue weighted by Crippen LogP contribution is -2.48. The van der Waals surface area contributed by atoms with E-state index in [0.717, 1.165) is 32.6 Å². The van der Waals surface area contributed by atoms with Crippen LogP contribution in [0.3, 0.4) is 0 Å². The molecular weight excluding hydrogens is 344 g/mol. The second kappa shape index (κ2) is 8.71. The summed E-state index contributed by atoms with van der Waals surface area (Å²) in [5, 5.41) is 5.75. The highest BCUT2D eigenvalue weighted by molar-refractivity contribution is 5.95. The van der Waals surface area contributed by atoms with E-state index < -0.39 is 0 Å². The van der Waals surface area contributed by atoms with Gasteiger partial charge < -0.3 is 25.2 Å². The van der Waals surface area contributed by atoms with Gasteiger partial charge in [0.25, 0.3) is 5.91 Å². The van der Waals surface area contributed by atoms with Gasteiger partial charge in [0.15, 0.2) is 0 Å². The van der Waals surface area contributed by atoms with Crippen LogP contribution in [0.15, 0.2) is 24.3 Å². The molecule has 1 atom stereocenters. The van der Waals surface area contributed by atoms with Gasteiger partial charge in [-0.2, -0.15) is 0 Å². The molecule has 3 amide bonds. The smallest absolute Gasteiger partial charge is 0.321 e. The van der Waals surface area contributed by atoms with Crippen molar-refractivity contribution in [1.29, 1.82) is 0 Å². The standard InChI is InChI=1S/C20H30N4O3/c1-23-12-9-20(14-23)8-3-11-24(15-20)19(26)22-17-6-4-16(5-7-17)18(25)21-10-13-27-2/h4-7H,3,8-15H2,1-2H3,(H,21,25)(H,22,26). The number of nitrogens with one attached hydrogen (secondary N) is 2. The van der Waals surface area contributed by atoms with Crippen molar-refractivity contribution < 1.29 is 14.3 Å². The van der Waals surface area contributed by atoms with Crippen LogP contribution in [0.5, 0.6) is 0 Å². The average molecular weight is 374 g/mol. The van der Waals surface area contributed by atoms with Gasteiger partial charge in [0, 0.05) is 50.0 Å². The zero-order valence-electron chi connectivity index (χ0n) is 16.3. The Morgan fingerprint density at radius 2 is 1.93 bits per heavy atom. The first kappa shape index (κ1) is 19.6. The molecule has 1 unspecified atom stereocenters. The highest BCUT2D eigenvalue weighted by Crippen LogP contribution is 2.38. The minimum atomic E-state index is -0.145. The minimum absolute atomic E-state index is 0.0547. The first-order valence-corrected chi connectivity index (χ1v) is 9.63. The van der Waals surface area contributed by atoms with Gasteiger partial charge in [-0.05, 0) is 57.1 Å². The fourth-order valence-corrected chi connectivity index (χ4v) is 4.15. The Balaban J connectivity index is 1.54. The van der Waals surface area contributed by atoms with Crippen LogP contribution in [0.1, 0.15) is 29.6 Å². The molecule has 0 bridgehead atoms. The Hall–Kier alpha value is -2.12.